The van der Waals surface area contributed by atoms with Crippen molar-refractivity contribution in [3.63, 3.8) is 0 Å². The Bertz CT molecular complexity index is 683. The topological polar surface area (TPSA) is 9.23 Å². The number of rotatable bonds is 5. The summed E-state index contributed by atoms with van der Waals surface area (Å²) in [7, 11) is -1.73. The average molecular weight is 347 g/mol. The van der Waals surface area contributed by atoms with Crippen LogP contribution in [0.2, 0.25) is 0 Å². The van der Waals surface area contributed by atoms with Gasteiger partial charge in [0.1, 0.15) is 23.2 Å². The van der Waals surface area contributed by atoms with Crippen molar-refractivity contribution >= 4 is 23.2 Å². The van der Waals surface area contributed by atoms with Crippen LogP contribution < -0.4 is 15.9 Å². The predicted molar refractivity (Wildman–Crippen MR) is 109 cm³/mol. The molecule has 3 aromatic carbocycles. The molecule has 126 valence electrons. The summed E-state index contributed by atoms with van der Waals surface area (Å²) in [6.45, 7) is 0.906. The van der Waals surface area contributed by atoms with Crippen molar-refractivity contribution in [1.82, 2.24) is 0 Å². The van der Waals surface area contributed by atoms with E-state index in [4.69, 9.17) is 4.74 Å². The summed E-state index contributed by atoms with van der Waals surface area (Å²) in [6, 6.07) is 33.2. The van der Waals surface area contributed by atoms with Crippen molar-refractivity contribution in [2.45, 2.75) is 18.9 Å². The zero-order chi connectivity index (χ0) is 17.0. The van der Waals surface area contributed by atoms with Crippen LogP contribution in [0.1, 0.15) is 12.8 Å². The smallest absolute Gasteiger partial charge is 0.114 e. The fraction of sp³-hybridized carbons (Fsp3) is 0.217. The van der Waals surface area contributed by atoms with Crippen molar-refractivity contribution in [2.24, 2.45) is 0 Å². The lowest BCUT2D eigenvalue weighted by atomic mass is 10.3. The van der Waals surface area contributed by atoms with Gasteiger partial charge in [0.15, 0.2) is 0 Å². The molecular formula is C23H24OP+. The Kier molecular flexibility index (Phi) is 4.97. The van der Waals surface area contributed by atoms with Gasteiger partial charge in [0, 0.05) is 6.61 Å². The molecule has 4 rings (SSSR count). The Hall–Kier alpha value is -1.95. The molecule has 1 aliphatic rings. The van der Waals surface area contributed by atoms with Gasteiger partial charge in [0.05, 0.1) is 12.3 Å². The van der Waals surface area contributed by atoms with Gasteiger partial charge in [0.2, 0.25) is 0 Å². The first-order chi connectivity index (χ1) is 12.4. The van der Waals surface area contributed by atoms with Gasteiger partial charge in [0.25, 0.3) is 0 Å². The monoisotopic (exact) mass is 347 g/mol. The van der Waals surface area contributed by atoms with E-state index in [0.717, 1.165) is 12.8 Å². The molecule has 0 amide bonds. The number of hydrogen-bond acceptors (Lipinski definition) is 1. The van der Waals surface area contributed by atoms with Crippen molar-refractivity contribution < 1.29 is 4.74 Å². The minimum Gasteiger partial charge on any atom is -0.374 e. The third kappa shape index (κ3) is 3.27. The summed E-state index contributed by atoms with van der Waals surface area (Å²) in [5, 5.41) is 4.34. The second kappa shape index (κ2) is 7.52. The van der Waals surface area contributed by atoms with E-state index in [-0.39, 0.29) is 0 Å². The van der Waals surface area contributed by atoms with Crippen LogP contribution in [0.25, 0.3) is 0 Å². The van der Waals surface area contributed by atoms with Gasteiger partial charge >= 0.3 is 0 Å². The molecule has 1 saturated heterocycles. The predicted octanol–water partition coefficient (Wildman–Crippen LogP) is 4.16. The summed E-state index contributed by atoms with van der Waals surface area (Å²) in [4.78, 5) is 0. The molecule has 1 atom stereocenters. The fourth-order valence-electron chi connectivity index (χ4n) is 3.90. The lowest BCUT2D eigenvalue weighted by Crippen LogP contribution is -2.36. The normalized spacial score (nSPS) is 17.5. The second-order valence-electron chi connectivity index (χ2n) is 6.63. The summed E-state index contributed by atoms with van der Waals surface area (Å²) >= 11 is 0. The largest absolute Gasteiger partial charge is 0.374 e. The highest BCUT2D eigenvalue weighted by Gasteiger charge is 2.47. The Balaban J connectivity index is 1.93. The first-order valence-corrected chi connectivity index (χ1v) is 11.0. The number of hydrogen-bond donors (Lipinski definition) is 0. The maximum absolute atomic E-state index is 6.10. The van der Waals surface area contributed by atoms with Crippen LogP contribution in [0, 0.1) is 0 Å². The van der Waals surface area contributed by atoms with Gasteiger partial charge in [-0.1, -0.05) is 54.6 Å². The number of ether oxygens (including phenoxy) is 1. The van der Waals surface area contributed by atoms with E-state index in [2.05, 4.69) is 91.0 Å². The first-order valence-electron chi connectivity index (χ1n) is 9.06. The molecule has 0 unspecified atom stereocenters. The second-order valence-corrected chi connectivity index (χ2v) is 10.2. The van der Waals surface area contributed by atoms with Gasteiger partial charge < -0.3 is 4.74 Å². The molecule has 0 aliphatic carbocycles. The fourth-order valence-corrected chi connectivity index (χ4v) is 8.37. The molecule has 25 heavy (non-hydrogen) atoms. The Morgan fingerprint density at radius 2 is 1.12 bits per heavy atom. The minimum atomic E-state index is -1.73. The third-order valence-corrected chi connectivity index (χ3v) is 9.59. The van der Waals surface area contributed by atoms with E-state index in [1.165, 1.54) is 28.8 Å². The zero-order valence-electron chi connectivity index (χ0n) is 14.4. The van der Waals surface area contributed by atoms with Gasteiger partial charge in [-0.15, -0.1) is 0 Å². The highest BCUT2D eigenvalue weighted by molar-refractivity contribution is 7.95. The molecule has 0 spiro atoms. The molecule has 0 N–H and O–H groups in total. The SMILES string of the molecule is c1ccc([P+](C[C@@H]2CCCO2)(c2ccccc2)c2ccccc2)cc1. The lowest BCUT2D eigenvalue weighted by molar-refractivity contribution is 0.128. The molecule has 1 aliphatic heterocycles. The van der Waals surface area contributed by atoms with Crippen LogP contribution in [-0.2, 0) is 4.74 Å². The van der Waals surface area contributed by atoms with Gasteiger partial charge in [-0.05, 0) is 49.2 Å². The highest BCUT2D eigenvalue weighted by Crippen LogP contribution is 2.56. The van der Waals surface area contributed by atoms with E-state index in [0.29, 0.717) is 6.10 Å². The minimum absolute atomic E-state index is 0.356. The van der Waals surface area contributed by atoms with Crippen LogP contribution in [-0.4, -0.2) is 18.9 Å². The molecule has 1 fully saturated rings. The van der Waals surface area contributed by atoms with Crippen LogP contribution >= 0.6 is 7.26 Å². The van der Waals surface area contributed by atoms with E-state index in [9.17, 15) is 0 Å². The van der Waals surface area contributed by atoms with Gasteiger partial charge in [-0.3, -0.25) is 0 Å². The Morgan fingerprint density at radius 1 is 0.680 bits per heavy atom. The quantitative estimate of drug-likeness (QED) is 0.630. The third-order valence-electron chi connectivity index (χ3n) is 5.09. The summed E-state index contributed by atoms with van der Waals surface area (Å²) in [5.41, 5.74) is 0. The average Bonchev–Trinajstić information content (AvgIpc) is 3.21. The highest BCUT2D eigenvalue weighted by atomic mass is 31.2. The molecule has 0 aromatic heterocycles. The molecule has 0 bridgehead atoms. The van der Waals surface area contributed by atoms with E-state index < -0.39 is 7.26 Å². The first kappa shape index (κ1) is 16.5. The summed E-state index contributed by atoms with van der Waals surface area (Å²) in [6.07, 6.45) is 3.80. The van der Waals surface area contributed by atoms with Crippen molar-refractivity contribution in [2.75, 3.05) is 12.8 Å². The molecule has 1 heterocycles. The molecule has 2 heteroatoms. The standard InChI is InChI=1S/C23H24OP/c1-4-12-21(13-5-1)25(19-20-11-10-18-24-20,22-14-6-2-7-15-22)23-16-8-3-9-17-23/h1-9,12-17,20H,10-11,18-19H2/q+1/t20-/m0/s1. The van der Waals surface area contributed by atoms with Crippen LogP contribution in [0.15, 0.2) is 91.0 Å². The van der Waals surface area contributed by atoms with E-state index in [1.54, 1.807) is 0 Å². The number of benzene rings is 3. The molecule has 0 saturated carbocycles. The molecule has 3 aromatic rings. The van der Waals surface area contributed by atoms with Crippen molar-refractivity contribution in [1.29, 1.82) is 0 Å². The van der Waals surface area contributed by atoms with Crippen molar-refractivity contribution in [3.05, 3.63) is 91.0 Å². The zero-order valence-corrected chi connectivity index (χ0v) is 15.3. The summed E-state index contributed by atoms with van der Waals surface area (Å²) < 4.78 is 6.10. The molecular weight excluding hydrogens is 323 g/mol. The molecule has 1 nitrogen and oxygen atoms in total. The van der Waals surface area contributed by atoms with Crippen LogP contribution in [0.4, 0.5) is 0 Å². The Labute approximate surface area is 151 Å². The summed E-state index contributed by atoms with van der Waals surface area (Å²) in [5.74, 6) is 0. The van der Waals surface area contributed by atoms with Crippen LogP contribution in [0.3, 0.4) is 0 Å². The van der Waals surface area contributed by atoms with Gasteiger partial charge in [-0.2, -0.15) is 0 Å². The van der Waals surface area contributed by atoms with Crippen LogP contribution in [0.5, 0.6) is 0 Å². The maximum atomic E-state index is 6.10. The maximum Gasteiger partial charge on any atom is 0.114 e. The van der Waals surface area contributed by atoms with E-state index >= 15 is 0 Å². The van der Waals surface area contributed by atoms with Gasteiger partial charge in [-0.25, -0.2) is 0 Å². The Morgan fingerprint density at radius 3 is 1.48 bits per heavy atom. The molecule has 0 radical (unpaired) electrons. The van der Waals surface area contributed by atoms with Crippen molar-refractivity contribution in [3.8, 4) is 0 Å². The lowest BCUT2D eigenvalue weighted by Gasteiger charge is -2.29. The van der Waals surface area contributed by atoms with E-state index in [1.807, 2.05) is 0 Å².